The molecule has 0 spiro atoms. The lowest BCUT2D eigenvalue weighted by molar-refractivity contribution is 0.333. The summed E-state index contributed by atoms with van der Waals surface area (Å²) in [6, 6.07) is 3.60. The highest BCUT2D eigenvalue weighted by molar-refractivity contribution is 7.15. The first-order chi connectivity index (χ1) is 11.6. The third-order valence-electron chi connectivity index (χ3n) is 5.22. The molecule has 0 atom stereocenters. The van der Waals surface area contributed by atoms with Crippen molar-refractivity contribution in [2.24, 2.45) is 5.92 Å². The van der Waals surface area contributed by atoms with Crippen LogP contribution in [0.1, 0.15) is 47.9 Å². The molecule has 5 nitrogen and oxygen atoms in total. The van der Waals surface area contributed by atoms with Gasteiger partial charge in [-0.1, -0.05) is 0 Å². The number of rotatable bonds is 4. The molecule has 128 valence electrons. The van der Waals surface area contributed by atoms with Crippen LogP contribution in [0.2, 0.25) is 0 Å². The molecular formula is C18H24N4OS. The van der Waals surface area contributed by atoms with E-state index in [0.29, 0.717) is 11.8 Å². The number of aryl methyl sites for hydroxylation is 2. The topological polar surface area (TPSA) is 51.0 Å². The molecule has 0 N–H and O–H groups in total. The fourth-order valence-electron chi connectivity index (χ4n) is 3.33. The van der Waals surface area contributed by atoms with Gasteiger partial charge in [-0.25, -0.2) is 9.67 Å². The number of aromatic nitrogens is 3. The second kappa shape index (κ2) is 6.31. The third-order valence-corrected chi connectivity index (χ3v) is 6.35. The van der Waals surface area contributed by atoms with Crippen LogP contribution in [0.25, 0.3) is 0 Å². The molecular weight excluding hydrogens is 320 g/mol. The Morgan fingerprint density at radius 2 is 1.92 bits per heavy atom. The van der Waals surface area contributed by atoms with E-state index >= 15 is 0 Å². The van der Waals surface area contributed by atoms with Gasteiger partial charge in [0.25, 0.3) is 5.56 Å². The summed E-state index contributed by atoms with van der Waals surface area (Å²) < 4.78 is 1.70. The van der Waals surface area contributed by atoms with Crippen LogP contribution in [-0.2, 0) is 6.54 Å². The summed E-state index contributed by atoms with van der Waals surface area (Å²) in [7, 11) is 0. The molecule has 4 rings (SSSR count). The molecule has 1 aliphatic carbocycles. The Balaban J connectivity index is 1.39. The smallest absolute Gasteiger partial charge is 0.266 e. The average molecular weight is 344 g/mol. The Morgan fingerprint density at radius 3 is 2.54 bits per heavy atom. The predicted octanol–water partition coefficient (Wildman–Crippen LogP) is 3.11. The molecule has 1 aliphatic heterocycles. The maximum Gasteiger partial charge on any atom is 0.266 e. The van der Waals surface area contributed by atoms with Crippen LogP contribution in [0.5, 0.6) is 0 Å². The van der Waals surface area contributed by atoms with Crippen LogP contribution in [0.4, 0.5) is 5.13 Å². The van der Waals surface area contributed by atoms with Crippen molar-refractivity contribution in [2.45, 2.75) is 52.0 Å². The van der Waals surface area contributed by atoms with E-state index in [2.05, 4.69) is 28.8 Å². The summed E-state index contributed by atoms with van der Waals surface area (Å²) in [4.78, 5) is 20.5. The molecule has 24 heavy (non-hydrogen) atoms. The minimum Gasteiger partial charge on any atom is -0.348 e. The Kier molecular flexibility index (Phi) is 4.16. The monoisotopic (exact) mass is 344 g/mol. The Morgan fingerprint density at radius 1 is 1.17 bits per heavy atom. The quantitative estimate of drug-likeness (QED) is 0.855. The molecule has 2 fully saturated rings. The Bertz CT molecular complexity index is 765. The van der Waals surface area contributed by atoms with Crippen molar-refractivity contribution in [1.29, 1.82) is 0 Å². The molecule has 2 aromatic heterocycles. The lowest BCUT2D eigenvalue weighted by Crippen LogP contribution is -2.36. The van der Waals surface area contributed by atoms with Crippen molar-refractivity contribution >= 4 is 16.5 Å². The number of hydrogen-bond donors (Lipinski definition) is 0. The van der Waals surface area contributed by atoms with Crippen LogP contribution in [0, 0.1) is 19.8 Å². The van der Waals surface area contributed by atoms with E-state index in [1.807, 2.05) is 6.07 Å². The lowest BCUT2D eigenvalue weighted by atomic mass is 9.97. The van der Waals surface area contributed by atoms with Gasteiger partial charge in [0.2, 0.25) is 0 Å². The SMILES string of the molecule is Cc1nc(N2CCC(Cn3nc(C4CC4)ccc3=O)CC2)sc1C. The van der Waals surface area contributed by atoms with E-state index in [0.717, 1.165) is 49.0 Å². The van der Waals surface area contributed by atoms with Crippen molar-refractivity contribution in [2.75, 3.05) is 18.0 Å². The minimum atomic E-state index is 0.0352. The van der Waals surface area contributed by atoms with Crippen LogP contribution >= 0.6 is 11.3 Å². The van der Waals surface area contributed by atoms with Gasteiger partial charge in [-0.2, -0.15) is 5.10 Å². The molecule has 3 heterocycles. The van der Waals surface area contributed by atoms with Crippen LogP contribution in [0.15, 0.2) is 16.9 Å². The van der Waals surface area contributed by atoms with E-state index in [1.54, 1.807) is 22.1 Å². The number of nitrogens with zero attached hydrogens (tertiary/aromatic N) is 4. The maximum atomic E-state index is 12.1. The summed E-state index contributed by atoms with van der Waals surface area (Å²) in [5.41, 5.74) is 2.28. The fourth-order valence-corrected chi connectivity index (χ4v) is 4.30. The van der Waals surface area contributed by atoms with Gasteiger partial charge < -0.3 is 4.90 Å². The Labute approximate surface area is 146 Å². The summed E-state index contributed by atoms with van der Waals surface area (Å²) in [5, 5.41) is 5.75. The maximum absolute atomic E-state index is 12.1. The molecule has 0 radical (unpaired) electrons. The molecule has 0 amide bonds. The zero-order chi connectivity index (χ0) is 16.7. The molecule has 6 heteroatoms. The number of thiazole rings is 1. The minimum absolute atomic E-state index is 0.0352. The second-order valence-corrected chi connectivity index (χ2v) is 8.30. The van der Waals surface area contributed by atoms with Crippen LogP contribution < -0.4 is 10.5 Å². The van der Waals surface area contributed by atoms with Crippen LogP contribution in [-0.4, -0.2) is 27.9 Å². The van der Waals surface area contributed by atoms with E-state index in [-0.39, 0.29) is 5.56 Å². The zero-order valence-corrected chi connectivity index (χ0v) is 15.2. The summed E-state index contributed by atoms with van der Waals surface area (Å²) >= 11 is 1.79. The first-order valence-corrected chi connectivity index (χ1v) is 9.69. The Hall–Kier alpha value is -1.69. The van der Waals surface area contributed by atoms with Crippen molar-refractivity contribution in [3.8, 4) is 0 Å². The highest BCUT2D eigenvalue weighted by atomic mass is 32.1. The molecule has 1 saturated carbocycles. The largest absolute Gasteiger partial charge is 0.348 e. The van der Waals surface area contributed by atoms with Gasteiger partial charge in [-0.15, -0.1) is 11.3 Å². The highest BCUT2D eigenvalue weighted by Crippen LogP contribution is 2.38. The number of hydrogen-bond acceptors (Lipinski definition) is 5. The average Bonchev–Trinajstić information content (AvgIpc) is 3.37. The van der Waals surface area contributed by atoms with E-state index < -0.39 is 0 Å². The summed E-state index contributed by atoms with van der Waals surface area (Å²) in [6.07, 6.45) is 4.63. The van der Waals surface area contributed by atoms with Gasteiger partial charge in [0.05, 0.1) is 11.4 Å². The van der Waals surface area contributed by atoms with Gasteiger partial charge in [0.15, 0.2) is 5.13 Å². The van der Waals surface area contributed by atoms with E-state index in [4.69, 9.17) is 0 Å². The third kappa shape index (κ3) is 3.24. The molecule has 0 unspecified atom stereocenters. The molecule has 2 aliphatic rings. The van der Waals surface area contributed by atoms with Crippen molar-refractivity contribution in [3.05, 3.63) is 38.8 Å². The first kappa shape index (κ1) is 15.8. The molecule has 2 aromatic rings. The van der Waals surface area contributed by atoms with Crippen molar-refractivity contribution < 1.29 is 0 Å². The van der Waals surface area contributed by atoms with E-state index in [9.17, 15) is 4.79 Å². The van der Waals surface area contributed by atoms with Gasteiger partial charge in [-0.05, 0) is 51.5 Å². The first-order valence-electron chi connectivity index (χ1n) is 8.87. The lowest BCUT2D eigenvalue weighted by Gasteiger charge is -2.31. The number of piperidine rings is 1. The van der Waals surface area contributed by atoms with E-state index in [1.165, 1.54) is 17.7 Å². The summed E-state index contributed by atoms with van der Waals surface area (Å²) in [5.74, 6) is 1.12. The second-order valence-electron chi connectivity index (χ2n) is 7.12. The van der Waals surface area contributed by atoms with Gasteiger partial charge in [0.1, 0.15) is 0 Å². The highest BCUT2D eigenvalue weighted by Gasteiger charge is 2.26. The van der Waals surface area contributed by atoms with Crippen LogP contribution in [0.3, 0.4) is 0 Å². The van der Waals surface area contributed by atoms with Gasteiger partial charge in [-0.3, -0.25) is 4.79 Å². The van der Waals surface area contributed by atoms with Crippen molar-refractivity contribution in [1.82, 2.24) is 14.8 Å². The molecule has 1 saturated heterocycles. The van der Waals surface area contributed by atoms with Crippen molar-refractivity contribution in [3.63, 3.8) is 0 Å². The fraction of sp³-hybridized carbons (Fsp3) is 0.611. The number of anilines is 1. The zero-order valence-electron chi connectivity index (χ0n) is 14.4. The van der Waals surface area contributed by atoms with Gasteiger partial charge in [0, 0.05) is 36.5 Å². The normalized spacial score (nSPS) is 19.0. The standard InChI is InChI=1S/C18H24N4OS/c1-12-13(2)24-18(19-12)21-9-7-14(8-10-21)11-22-17(23)6-5-16(20-22)15-3-4-15/h5-6,14-15H,3-4,7-11H2,1-2H3. The predicted molar refractivity (Wildman–Crippen MR) is 97.0 cm³/mol. The summed E-state index contributed by atoms with van der Waals surface area (Å²) in [6.45, 7) is 7.01. The molecule has 0 bridgehead atoms. The van der Waals surface area contributed by atoms with Gasteiger partial charge >= 0.3 is 0 Å². The molecule has 0 aromatic carbocycles.